The minimum absolute atomic E-state index is 0.0489. The van der Waals surface area contributed by atoms with E-state index in [9.17, 15) is 14.4 Å². The molecule has 0 unspecified atom stereocenters. The molecule has 0 aliphatic carbocycles. The van der Waals surface area contributed by atoms with E-state index in [-0.39, 0.29) is 23.8 Å². The van der Waals surface area contributed by atoms with Gasteiger partial charge in [-0.05, 0) is 12.5 Å². The van der Waals surface area contributed by atoms with Gasteiger partial charge >= 0.3 is 5.97 Å². The number of amides is 1. The number of ether oxygens (including phenoxy) is 1. The van der Waals surface area contributed by atoms with Gasteiger partial charge in [0, 0.05) is 26.0 Å². The maximum atomic E-state index is 12.5. The summed E-state index contributed by atoms with van der Waals surface area (Å²) in [4.78, 5) is 37.7. The highest BCUT2D eigenvalue weighted by Gasteiger charge is 2.19. The molecule has 2 rings (SSSR count). The van der Waals surface area contributed by atoms with Crippen molar-refractivity contribution in [2.45, 2.75) is 26.3 Å². The molecule has 7 heteroatoms. The van der Waals surface area contributed by atoms with Crippen LogP contribution in [0.4, 0.5) is 0 Å². The van der Waals surface area contributed by atoms with E-state index in [1.165, 1.54) is 9.58 Å². The zero-order valence-corrected chi connectivity index (χ0v) is 14.1. The molecule has 0 radical (unpaired) electrons. The van der Waals surface area contributed by atoms with Crippen molar-refractivity contribution in [2.24, 2.45) is 0 Å². The molecule has 1 aromatic carbocycles. The topological polar surface area (TPSA) is 81.5 Å². The third-order valence-corrected chi connectivity index (χ3v) is 3.61. The van der Waals surface area contributed by atoms with Crippen molar-refractivity contribution >= 4 is 22.6 Å². The van der Waals surface area contributed by atoms with E-state index in [4.69, 9.17) is 4.74 Å². The molecule has 128 valence electrons. The summed E-state index contributed by atoms with van der Waals surface area (Å²) in [5, 5.41) is 5.01. The molecule has 0 saturated heterocycles. The molecular formula is C17H21N3O4. The van der Waals surface area contributed by atoms with Crippen LogP contribution < -0.4 is 5.56 Å². The van der Waals surface area contributed by atoms with E-state index in [1.807, 2.05) is 6.92 Å². The highest BCUT2D eigenvalue weighted by Crippen LogP contribution is 2.14. The van der Waals surface area contributed by atoms with Crippen molar-refractivity contribution < 1.29 is 14.3 Å². The first-order valence-electron chi connectivity index (χ1n) is 7.82. The summed E-state index contributed by atoms with van der Waals surface area (Å²) in [6.07, 6.45) is 1.68. The highest BCUT2D eigenvalue weighted by atomic mass is 16.5. The van der Waals surface area contributed by atoms with Crippen LogP contribution >= 0.6 is 0 Å². The largest absolute Gasteiger partial charge is 0.451 e. The van der Waals surface area contributed by atoms with Crippen LogP contribution in [0.5, 0.6) is 0 Å². The molecule has 0 N–H and O–H groups in total. The van der Waals surface area contributed by atoms with Gasteiger partial charge in [0.15, 0.2) is 12.3 Å². The van der Waals surface area contributed by atoms with Crippen LogP contribution in [0, 0.1) is 0 Å². The molecule has 7 nitrogen and oxygen atoms in total. The number of esters is 1. The maximum Gasteiger partial charge on any atom is 0.359 e. The summed E-state index contributed by atoms with van der Waals surface area (Å²) < 4.78 is 6.34. The highest BCUT2D eigenvalue weighted by molar-refractivity contribution is 6.02. The number of benzene rings is 1. The number of nitrogens with zero attached hydrogens (tertiary/aromatic N) is 3. The monoisotopic (exact) mass is 331 g/mol. The molecule has 0 bridgehead atoms. The molecule has 0 aliphatic rings. The van der Waals surface area contributed by atoms with Gasteiger partial charge in [-0.25, -0.2) is 9.48 Å². The third-order valence-electron chi connectivity index (χ3n) is 3.61. The minimum Gasteiger partial charge on any atom is -0.451 e. The van der Waals surface area contributed by atoms with Crippen LogP contribution in [0.15, 0.2) is 29.1 Å². The van der Waals surface area contributed by atoms with E-state index in [0.717, 1.165) is 12.8 Å². The molecule has 2 aromatic rings. The molecule has 24 heavy (non-hydrogen) atoms. The van der Waals surface area contributed by atoms with Gasteiger partial charge in [-0.1, -0.05) is 31.5 Å². The zero-order valence-electron chi connectivity index (χ0n) is 14.1. The predicted octanol–water partition coefficient (Wildman–Crippen LogP) is 1.44. The summed E-state index contributed by atoms with van der Waals surface area (Å²) in [6, 6.07) is 6.77. The zero-order chi connectivity index (χ0) is 17.7. The molecule has 0 atom stereocenters. The summed E-state index contributed by atoms with van der Waals surface area (Å²) in [6.45, 7) is 2.07. The fourth-order valence-corrected chi connectivity index (χ4v) is 2.17. The van der Waals surface area contributed by atoms with E-state index >= 15 is 0 Å². The third kappa shape index (κ3) is 3.79. The number of likely N-dealkylation sites (N-methyl/N-ethyl adjacent to an activating group) is 1. The lowest BCUT2D eigenvalue weighted by Gasteiger charge is -2.12. The standard InChI is InChI=1S/C17H21N3O4/c1-4-5-10-20-16(22)13-9-7-6-8-12(13)15(18-20)17(23)24-11-14(21)19(2)3/h6-9H,4-5,10-11H2,1-3H3. The Bertz CT molecular complexity index is 811. The van der Waals surface area contributed by atoms with Crippen molar-refractivity contribution in [1.29, 1.82) is 0 Å². The van der Waals surface area contributed by atoms with E-state index in [2.05, 4.69) is 5.10 Å². The first-order chi connectivity index (χ1) is 11.5. The Morgan fingerprint density at radius 1 is 1.21 bits per heavy atom. The SMILES string of the molecule is CCCCn1nc(C(=O)OCC(=O)N(C)C)c2ccccc2c1=O. The maximum absolute atomic E-state index is 12.5. The molecule has 0 aliphatic heterocycles. The van der Waals surface area contributed by atoms with E-state index in [0.29, 0.717) is 17.3 Å². The average Bonchev–Trinajstić information content (AvgIpc) is 2.58. The second-order valence-electron chi connectivity index (χ2n) is 5.64. The number of carbonyl (C=O) groups excluding carboxylic acids is 2. The van der Waals surface area contributed by atoms with Gasteiger partial charge in [-0.2, -0.15) is 5.10 Å². The van der Waals surface area contributed by atoms with Crippen molar-refractivity contribution in [1.82, 2.24) is 14.7 Å². The van der Waals surface area contributed by atoms with Crippen LogP contribution in [0.25, 0.3) is 10.8 Å². The normalized spacial score (nSPS) is 10.6. The summed E-state index contributed by atoms with van der Waals surface area (Å²) in [5.41, 5.74) is -0.187. The first-order valence-corrected chi connectivity index (χ1v) is 7.82. The lowest BCUT2D eigenvalue weighted by molar-refractivity contribution is -0.131. The van der Waals surface area contributed by atoms with Crippen molar-refractivity contribution in [3.63, 3.8) is 0 Å². The van der Waals surface area contributed by atoms with Crippen LogP contribution in [0.2, 0.25) is 0 Å². The Labute approximate surface area is 139 Å². The number of hydrogen-bond acceptors (Lipinski definition) is 5. The minimum atomic E-state index is -0.716. The lowest BCUT2D eigenvalue weighted by Crippen LogP contribution is -2.29. The number of fused-ring (bicyclic) bond motifs is 1. The van der Waals surface area contributed by atoms with Crippen LogP contribution in [0.1, 0.15) is 30.3 Å². The summed E-state index contributed by atoms with van der Waals surface area (Å²) >= 11 is 0. The molecule has 1 heterocycles. The molecule has 0 saturated carbocycles. The number of carbonyl (C=O) groups is 2. The van der Waals surface area contributed by atoms with Gasteiger partial charge in [0.2, 0.25) is 0 Å². The van der Waals surface area contributed by atoms with Gasteiger partial charge in [-0.3, -0.25) is 9.59 Å². The Balaban J connectivity index is 2.40. The molecular weight excluding hydrogens is 310 g/mol. The van der Waals surface area contributed by atoms with Gasteiger partial charge < -0.3 is 9.64 Å². The van der Waals surface area contributed by atoms with Crippen molar-refractivity contribution in [3.05, 3.63) is 40.3 Å². The fourth-order valence-electron chi connectivity index (χ4n) is 2.17. The van der Waals surface area contributed by atoms with Crippen molar-refractivity contribution in [2.75, 3.05) is 20.7 Å². The quantitative estimate of drug-likeness (QED) is 0.748. The van der Waals surface area contributed by atoms with Gasteiger partial charge in [0.25, 0.3) is 11.5 Å². The van der Waals surface area contributed by atoms with Crippen LogP contribution in [-0.2, 0) is 16.1 Å². The van der Waals surface area contributed by atoms with Crippen LogP contribution in [-0.4, -0.2) is 47.3 Å². The number of hydrogen-bond donors (Lipinski definition) is 0. The smallest absolute Gasteiger partial charge is 0.359 e. The number of unbranched alkanes of at least 4 members (excludes halogenated alkanes) is 1. The van der Waals surface area contributed by atoms with Gasteiger partial charge in [0.05, 0.1) is 5.39 Å². The second-order valence-corrected chi connectivity index (χ2v) is 5.64. The fraction of sp³-hybridized carbons (Fsp3) is 0.412. The number of aromatic nitrogens is 2. The van der Waals surface area contributed by atoms with Crippen molar-refractivity contribution in [3.8, 4) is 0 Å². The molecule has 0 fully saturated rings. The predicted molar refractivity (Wildman–Crippen MR) is 89.9 cm³/mol. The lowest BCUT2D eigenvalue weighted by atomic mass is 10.1. The summed E-state index contributed by atoms with van der Waals surface area (Å²) in [7, 11) is 3.16. The second kappa shape index (κ2) is 7.72. The number of aryl methyl sites for hydroxylation is 1. The Morgan fingerprint density at radius 3 is 2.50 bits per heavy atom. The number of rotatable bonds is 6. The molecule has 1 amide bonds. The van der Waals surface area contributed by atoms with E-state index in [1.54, 1.807) is 38.4 Å². The van der Waals surface area contributed by atoms with Gasteiger partial charge in [-0.15, -0.1) is 0 Å². The first kappa shape index (κ1) is 17.7. The van der Waals surface area contributed by atoms with E-state index < -0.39 is 5.97 Å². The summed E-state index contributed by atoms with van der Waals surface area (Å²) in [5.74, 6) is -1.04. The Hall–Kier alpha value is -2.70. The van der Waals surface area contributed by atoms with Gasteiger partial charge in [0.1, 0.15) is 0 Å². The van der Waals surface area contributed by atoms with Crippen LogP contribution in [0.3, 0.4) is 0 Å². The molecule has 1 aromatic heterocycles. The molecule has 0 spiro atoms. The average molecular weight is 331 g/mol. The Morgan fingerprint density at radius 2 is 1.88 bits per heavy atom. The Kier molecular flexibility index (Phi) is 5.68.